The Bertz CT molecular complexity index is 964. The Morgan fingerprint density at radius 1 is 1.23 bits per heavy atom. The third-order valence-electron chi connectivity index (χ3n) is 3.71. The largest absolute Gasteiger partial charge is 0.482 e. The first-order chi connectivity index (χ1) is 12.2. The Labute approximate surface area is 147 Å². The number of aromatic nitrogens is 2. The topological polar surface area (TPSA) is 55.6 Å². The summed E-state index contributed by atoms with van der Waals surface area (Å²) < 4.78 is 43.9. The second-order valence-corrected chi connectivity index (χ2v) is 5.88. The highest BCUT2D eigenvalue weighted by Gasteiger charge is 2.29. The minimum absolute atomic E-state index is 0.0457. The minimum Gasteiger partial charge on any atom is -0.482 e. The second-order valence-electron chi connectivity index (χ2n) is 5.88. The molecule has 0 unspecified atom stereocenters. The molecule has 5 nitrogen and oxygen atoms in total. The molecule has 0 radical (unpaired) electrons. The van der Waals surface area contributed by atoms with E-state index in [4.69, 9.17) is 4.74 Å². The van der Waals surface area contributed by atoms with E-state index < -0.39 is 18.7 Å². The first kappa shape index (κ1) is 17.8. The fourth-order valence-electron chi connectivity index (χ4n) is 2.46. The van der Waals surface area contributed by atoms with Gasteiger partial charge in [0.25, 0.3) is 5.91 Å². The molecule has 0 aliphatic rings. The Kier molecular flexibility index (Phi) is 4.58. The number of benzene rings is 1. The molecule has 136 valence electrons. The Morgan fingerprint density at radius 3 is 2.69 bits per heavy atom. The van der Waals surface area contributed by atoms with Gasteiger partial charge in [0.2, 0.25) is 0 Å². The minimum atomic E-state index is -4.47. The number of anilines is 1. The predicted octanol–water partition coefficient (Wildman–Crippen LogP) is 4.14. The van der Waals surface area contributed by atoms with Crippen LogP contribution in [0.5, 0.6) is 5.75 Å². The Hall–Kier alpha value is -3.03. The third-order valence-corrected chi connectivity index (χ3v) is 3.71. The molecule has 3 aromatic rings. The van der Waals surface area contributed by atoms with Gasteiger partial charge in [-0.1, -0.05) is 12.1 Å². The van der Waals surface area contributed by atoms with Gasteiger partial charge in [-0.25, -0.2) is 4.98 Å². The molecule has 0 saturated heterocycles. The van der Waals surface area contributed by atoms with Crippen molar-refractivity contribution in [2.45, 2.75) is 20.0 Å². The zero-order valence-electron chi connectivity index (χ0n) is 14.1. The number of nitrogens with zero attached hydrogens (tertiary/aromatic N) is 2. The van der Waals surface area contributed by atoms with E-state index in [0.717, 1.165) is 5.69 Å². The Morgan fingerprint density at radius 2 is 2.00 bits per heavy atom. The van der Waals surface area contributed by atoms with E-state index in [2.05, 4.69) is 10.3 Å². The van der Waals surface area contributed by atoms with E-state index in [0.29, 0.717) is 11.2 Å². The molecule has 0 fully saturated rings. The lowest BCUT2D eigenvalue weighted by atomic mass is 10.2. The normalized spacial score (nSPS) is 11.6. The monoisotopic (exact) mass is 363 g/mol. The van der Waals surface area contributed by atoms with Crippen LogP contribution in [-0.4, -0.2) is 28.1 Å². The number of imidazole rings is 1. The summed E-state index contributed by atoms with van der Waals surface area (Å²) in [5.74, 6) is -0.579. The number of nitrogens with one attached hydrogen (secondary N) is 1. The smallest absolute Gasteiger partial charge is 0.422 e. The van der Waals surface area contributed by atoms with Crippen molar-refractivity contribution in [1.82, 2.24) is 9.38 Å². The zero-order chi connectivity index (χ0) is 18.9. The number of carbonyl (C=O) groups is 1. The van der Waals surface area contributed by atoms with Crippen LogP contribution < -0.4 is 10.1 Å². The highest BCUT2D eigenvalue weighted by molar-refractivity contribution is 6.04. The van der Waals surface area contributed by atoms with E-state index in [-0.39, 0.29) is 17.1 Å². The summed E-state index contributed by atoms with van der Waals surface area (Å²) in [4.78, 5) is 16.7. The summed E-state index contributed by atoms with van der Waals surface area (Å²) in [6, 6.07) is 10.1. The molecule has 0 saturated carbocycles. The average molecular weight is 363 g/mol. The SMILES string of the molecule is Cc1ccc(NC(=O)c2cn3c(C)cccc3n2)c(OCC(F)(F)F)c1. The van der Waals surface area contributed by atoms with Crippen molar-refractivity contribution < 1.29 is 22.7 Å². The molecule has 0 bridgehead atoms. The molecule has 1 amide bonds. The molecule has 26 heavy (non-hydrogen) atoms. The van der Waals surface area contributed by atoms with Crippen LogP contribution in [0.3, 0.4) is 0 Å². The van der Waals surface area contributed by atoms with Crippen molar-refractivity contribution >= 4 is 17.2 Å². The average Bonchev–Trinajstić information content (AvgIpc) is 3.00. The highest BCUT2D eigenvalue weighted by atomic mass is 19.4. The molecule has 2 aromatic heterocycles. The molecule has 1 N–H and O–H groups in total. The van der Waals surface area contributed by atoms with Crippen LogP contribution in [0.1, 0.15) is 21.7 Å². The molecular weight excluding hydrogens is 347 g/mol. The number of rotatable bonds is 4. The van der Waals surface area contributed by atoms with Gasteiger partial charge in [0.15, 0.2) is 6.61 Å². The molecule has 0 atom stereocenters. The van der Waals surface area contributed by atoms with Crippen molar-refractivity contribution in [3.8, 4) is 5.75 Å². The number of pyridine rings is 1. The maximum Gasteiger partial charge on any atom is 0.422 e. The summed E-state index contributed by atoms with van der Waals surface area (Å²) in [6.45, 7) is 2.16. The molecule has 1 aromatic carbocycles. The summed E-state index contributed by atoms with van der Waals surface area (Å²) in [7, 11) is 0. The van der Waals surface area contributed by atoms with E-state index in [9.17, 15) is 18.0 Å². The molecule has 3 rings (SSSR count). The summed E-state index contributed by atoms with van der Waals surface area (Å²) in [5, 5.41) is 2.56. The van der Waals surface area contributed by atoms with Crippen molar-refractivity contribution in [1.29, 1.82) is 0 Å². The number of carbonyl (C=O) groups excluding carboxylic acids is 1. The fraction of sp³-hybridized carbons (Fsp3) is 0.222. The van der Waals surface area contributed by atoms with Gasteiger partial charge in [0, 0.05) is 11.9 Å². The van der Waals surface area contributed by atoms with E-state index in [1.54, 1.807) is 29.7 Å². The maximum absolute atomic E-state index is 12.5. The first-order valence-corrected chi connectivity index (χ1v) is 7.79. The first-order valence-electron chi connectivity index (χ1n) is 7.79. The van der Waals surface area contributed by atoms with Crippen molar-refractivity contribution in [3.63, 3.8) is 0 Å². The lowest BCUT2D eigenvalue weighted by Crippen LogP contribution is -2.20. The number of halogens is 3. The van der Waals surface area contributed by atoms with Gasteiger partial charge in [0.1, 0.15) is 17.1 Å². The number of hydrogen-bond donors (Lipinski definition) is 1. The summed E-state index contributed by atoms with van der Waals surface area (Å²) >= 11 is 0. The van der Waals surface area contributed by atoms with Gasteiger partial charge in [-0.05, 0) is 43.7 Å². The Balaban J connectivity index is 1.85. The molecular formula is C18H16F3N3O2. The predicted molar refractivity (Wildman–Crippen MR) is 90.6 cm³/mol. The number of aryl methyl sites for hydroxylation is 2. The van der Waals surface area contributed by atoms with Gasteiger partial charge in [-0.15, -0.1) is 0 Å². The second kappa shape index (κ2) is 6.70. The van der Waals surface area contributed by atoms with Gasteiger partial charge in [0.05, 0.1) is 5.69 Å². The van der Waals surface area contributed by atoms with E-state index in [1.165, 1.54) is 12.1 Å². The number of ether oxygens (including phenoxy) is 1. The molecule has 0 spiro atoms. The van der Waals surface area contributed by atoms with Gasteiger partial charge >= 0.3 is 6.18 Å². The van der Waals surface area contributed by atoms with E-state index >= 15 is 0 Å². The van der Waals surface area contributed by atoms with Gasteiger partial charge in [-0.2, -0.15) is 13.2 Å². The lowest BCUT2D eigenvalue weighted by Gasteiger charge is -2.14. The van der Waals surface area contributed by atoms with Crippen LogP contribution in [0.2, 0.25) is 0 Å². The zero-order valence-corrected chi connectivity index (χ0v) is 14.1. The highest BCUT2D eigenvalue weighted by Crippen LogP contribution is 2.28. The standard InChI is InChI=1S/C18H16F3N3O2/c1-11-6-7-13(15(8-11)26-10-18(19,20)21)23-17(25)14-9-24-12(2)4-3-5-16(24)22-14/h3-9H,10H2,1-2H3,(H,23,25). The fourth-order valence-corrected chi connectivity index (χ4v) is 2.46. The van der Waals surface area contributed by atoms with Crippen LogP contribution in [0, 0.1) is 13.8 Å². The maximum atomic E-state index is 12.5. The molecule has 8 heteroatoms. The van der Waals surface area contributed by atoms with E-state index in [1.807, 2.05) is 19.1 Å². The summed E-state index contributed by atoms with van der Waals surface area (Å²) in [5.41, 5.74) is 2.52. The third kappa shape index (κ3) is 3.96. The number of hydrogen-bond acceptors (Lipinski definition) is 3. The van der Waals surface area contributed by atoms with Crippen LogP contribution in [0.25, 0.3) is 5.65 Å². The van der Waals surface area contributed by atoms with Crippen molar-refractivity contribution in [2.75, 3.05) is 11.9 Å². The molecule has 0 aliphatic heterocycles. The van der Waals surface area contributed by atoms with Gasteiger partial charge in [-0.3, -0.25) is 4.79 Å². The molecule has 0 aliphatic carbocycles. The summed E-state index contributed by atoms with van der Waals surface area (Å²) in [6.07, 6.45) is -2.89. The number of alkyl halides is 3. The quantitative estimate of drug-likeness (QED) is 0.758. The van der Waals surface area contributed by atoms with Crippen LogP contribution >= 0.6 is 0 Å². The van der Waals surface area contributed by atoms with Crippen LogP contribution in [0.15, 0.2) is 42.6 Å². The molecule has 2 heterocycles. The van der Waals surface area contributed by atoms with Crippen molar-refractivity contribution in [2.24, 2.45) is 0 Å². The van der Waals surface area contributed by atoms with Crippen molar-refractivity contribution in [3.05, 3.63) is 59.5 Å². The number of fused-ring (bicyclic) bond motifs is 1. The lowest BCUT2D eigenvalue weighted by molar-refractivity contribution is -0.153. The van der Waals surface area contributed by atoms with Crippen LogP contribution in [0.4, 0.5) is 18.9 Å². The number of amides is 1. The van der Waals surface area contributed by atoms with Crippen LogP contribution in [-0.2, 0) is 0 Å². The van der Waals surface area contributed by atoms with Gasteiger partial charge < -0.3 is 14.5 Å².